The van der Waals surface area contributed by atoms with Gasteiger partial charge in [-0.15, -0.1) is 0 Å². The number of nitrogens with zero attached hydrogens (tertiary/aromatic N) is 1. The van der Waals surface area contributed by atoms with E-state index >= 15 is 0 Å². The van der Waals surface area contributed by atoms with Crippen molar-refractivity contribution in [2.75, 3.05) is 13.6 Å². The minimum absolute atomic E-state index is 0.182. The molecule has 0 unspecified atom stereocenters. The van der Waals surface area contributed by atoms with E-state index in [4.69, 9.17) is 9.90 Å². The van der Waals surface area contributed by atoms with Crippen LogP contribution in [-0.2, 0) is 11.3 Å². The lowest BCUT2D eigenvalue weighted by atomic mass is 10.1. The number of halogens is 3. The molecule has 0 aromatic heterocycles. The second-order valence-corrected chi connectivity index (χ2v) is 5.75. The molecule has 0 bridgehead atoms. The number of hydrogen-bond donors (Lipinski definition) is 4. The summed E-state index contributed by atoms with van der Waals surface area (Å²) < 4.78 is 31.7. The Morgan fingerprint density at radius 3 is 2.11 bits per heavy atom. The van der Waals surface area contributed by atoms with Crippen LogP contribution in [0.1, 0.15) is 17.2 Å². The molecule has 0 fully saturated rings. The van der Waals surface area contributed by atoms with Crippen molar-refractivity contribution in [2.24, 2.45) is 0 Å². The molecule has 0 saturated carbocycles. The van der Waals surface area contributed by atoms with Crippen LogP contribution in [0.2, 0.25) is 0 Å². The van der Waals surface area contributed by atoms with Gasteiger partial charge in [-0.2, -0.15) is 13.2 Å². The number of aliphatic hydroxyl groups excluding tert-OH is 1. The van der Waals surface area contributed by atoms with Crippen molar-refractivity contribution >= 4 is 5.97 Å². The summed E-state index contributed by atoms with van der Waals surface area (Å²) in [4.78, 5) is 10.9. The summed E-state index contributed by atoms with van der Waals surface area (Å²) >= 11 is 0. The van der Waals surface area contributed by atoms with Gasteiger partial charge in [0.2, 0.25) is 0 Å². The fourth-order valence-corrected chi connectivity index (χ4v) is 2.11. The van der Waals surface area contributed by atoms with E-state index in [-0.39, 0.29) is 11.5 Å². The van der Waals surface area contributed by atoms with E-state index in [0.29, 0.717) is 12.1 Å². The Morgan fingerprint density at radius 2 is 1.63 bits per heavy atom. The average molecular weight is 387 g/mol. The minimum atomic E-state index is -5.08. The van der Waals surface area contributed by atoms with Gasteiger partial charge in [-0.25, -0.2) is 4.79 Å². The molecule has 0 amide bonds. The van der Waals surface area contributed by atoms with E-state index < -0.39 is 18.2 Å². The summed E-state index contributed by atoms with van der Waals surface area (Å²) in [6.07, 6.45) is -5.80. The Bertz CT molecular complexity index is 738. The number of carbonyl (C=O) groups is 1. The van der Waals surface area contributed by atoms with E-state index in [0.717, 1.165) is 6.54 Å². The monoisotopic (exact) mass is 387 g/mol. The Balaban J connectivity index is 0.000000445. The molecule has 0 aliphatic heterocycles. The van der Waals surface area contributed by atoms with Gasteiger partial charge in [-0.3, -0.25) is 4.90 Å². The van der Waals surface area contributed by atoms with Crippen LogP contribution in [0.4, 0.5) is 13.2 Å². The molecule has 0 heterocycles. The second-order valence-electron chi connectivity index (χ2n) is 5.75. The SMILES string of the molecule is CN(Cc1ccccc1)C[C@H](O)c1ccc(O)c(O)c1.O=C(O)C(F)(F)F. The van der Waals surface area contributed by atoms with Crippen molar-refractivity contribution in [1.29, 1.82) is 0 Å². The lowest BCUT2D eigenvalue weighted by molar-refractivity contribution is -0.192. The van der Waals surface area contributed by atoms with Crippen molar-refractivity contribution in [3.63, 3.8) is 0 Å². The van der Waals surface area contributed by atoms with Crippen molar-refractivity contribution < 1.29 is 38.4 Å². The van der Waals surface area contributed by atoms with Gasteiger partial charge in [-0.05, 0) is 30.3 Å². The highest BCUT2D eigenvalue weighted by Gasteiger charge is 2.38. The zero-order valence-corrected chi connectivity index (χ0v) is 14.4. The lowest BCUT2D eigenvalue weighted by Gasteiger charge is -2.21. The molecule has 0 aliphatic carbocycles. The van der Waals surface area contributed by atoms with Crippen LogP contribution >= 0.6 is 0 Å². The number of phenols is 2. The lowest BCUT2D eigenvalue weighted by Crippen LogP contribution is -2.24. The Labute approximate surface area is 153 Å². The van der Waals surface area contributed by atoms with Gasteiger partial charge in [-0.1, -0.05) is 36.4 Å². The van der Waals surface area contributed by atoms with Crippen molar-refractivity contribution in [1.82, 2.24) is 4.90 Å². The van der Waals surface area contributed by atoms with Gasteiger partial charge < -0.3 is 20.4 Å². The van der Waals surface area contributed by atoms with Crippen LogP contribution in [0, 0.1) is 0 Å². The zero-order chi connectivity index (χ0) is 20.6. The first kappa shape index (κ1) is 22.3. The zero-order valence-electron chi connectivity index (χ0n) is 14.4. The minimum Gasteiger partial charge on any atom is -0.504 e. The van der Waals surface area contributed by atoms with E-state index in [2.05, 4.69) is 0 Å². The van der Waals surface area contributed by atoms with Crippen LogP contribution in [0.5, 0.6) is 11.5 Å². The third-order valence-electron chi connectivity index (χ3n) is 3.41. The molecule has 2 aromatic carbocycles. The van der Waals surface area contributed by atoms with Gasteiger partial charge in [0.05, 0.1) is 6.10 Å². The summed E-state index contributed by atoms with van der Waals surface area (Å²) in [7, 11) is 1.93. The number of alkyl halides is 3. The van der Waals surface area contributed by atoms with Crippen molar-refractivity contribution in [3.05, 3.63) is 59.7 Å². The molecule has 2 rings (SSSR count). The number of aliphatic carboxylic acids is 1. The molecule has 0 aliphatic rings. The molecule has 2 aromatic rings. The number of aromatic hydroxyl groups is 2. The number of hydrogen-bond acceptors (Lipinski definition) is 5. The number of carboxylic acids is 1. The maximum atomic E-state index is 10.6. The maximum absolute atomic E-state index is 10.6. The number of likely N-dealkylation sites (N-methyl/N-ethyl adjacent to an activating group) is 1. The van der Waals surface area contributed by atoms with Crippen LogP contribution in [0.15, 0.2) is 48.5 Å². The fraction of sp³-hybridized carbons (Fsp3) is 0.278. The molecule has 9 heteroatoms. The molecule has 0 saturated heterocycles. The molecule has 6 nitrogen and oxygen atoms in total. The number of carboxylic acid groups (broad SMARTS) is 1. The second kappa shape index (κ2) is 9.79. The average Bonchev–Trinajstić information content (AvgIpc) is 2.57. The first-order chi connectivity index (χ1) is 12.5. The highest BCUT2D eigenvalue weighted by atomic mass is 19.4. The molecule has 1 atom stereocenters. The molecule has 27 heavy (non-hydrogen) atoms. The predicted molar refractivity (Wildman–Crippen MR) is 91.2 cm³/mol. The largest absolute Gasteiger partial charge is 0.504 e. The molecule has 0 spiro atoms. The standard InChI is InChI=1S/C16H19NO3.C2HF3O2/c1-17(10-12-5-3-2-4-6-12)11-16(20)13-7-8-14(18)15(19)9-13;3-2(4,5)1(6)7/h2-9,16,18-20H,10-11H2,1H3;(H,6,7)/t16-;/m0./s1. The van der Waals surface area contributed by atoms with Gasteiger partial charge in [0.25, 0.3) is 0 Å². The third kappa shape index (κ3) is 7.97. The van der Waals surface area contributed by atoms with E-state index in [1.54, 1.807) is 6.07 Å². The highest BCUT2D eigenvalue weighted by molar-refractivity contribution is 5.73. The Hall–Kier alpha value is -2.78. The van der Waals surface area contributed by atoms with Crippen molar-refractivity contribution in [3.8, 4) is 11.5 Å². The van der Waals surface area contributed by atoms with E-state index in [1.165, 1.54) is 17.7 Å². The maximum Gasteiger partial charge on any atom is 0.490 e. The normalized spacial score (nSPS) is 12.2. The Kier molecular flexibility index (Phi) is 8.07. The summed E-state index contributed by atoms with van der Waals surface area (Å²) in [6, 6.07) is 14.4. The summed E-state index contributed by atoms with van der Waals surface area (Å²) in [5, 5.41) is 36.0. The van der Waals surface area contributed by atoms with Crippen LogP contribution in [-0.4, -0.2) is 51.1 Å². The number of phenolic OH excluding ortho intramolecular Hbond substituents is 2. The van der Waals surface area contributed by atoms with Gasteiger partial charge in [0.15, 0.2) is 11.5 Å². The molecular weight excluding hydrogens is 367 g/mol. The quantitative estimate of drug-likeness (QED) is 0.589. The highest BCUT2D eigenvalue weighted by Crippen LogP contribution is 2.28. The predicted octanol–water partition coefficient (Wildman–Crippen LogP) is 2.90. The molecule has 0 radical (unpaired) electrons. The first-order valence-corrected chi connectivity index (χ1v) is 7.73. The fourth-order valence-electron chi connectivity index (χ4n) is 2.11. The first-order valence-electron chi connectivity index (χ1n) is 7.73. The molecular formula is C18H20F3NO5. The Morgan fingerprint density at radius 1 is 1.07 bits per heavy atom. The van der Waals surface area contributed by atoms with E-state index in [9.17, 15) is 28.5 Å². The summed E-state index contributed by atoms with van der Waals surface area (Å²) in [5.74, 6) is -3.15. The van der Waals surface area contributed by atoms with Gasteiger partial charge in [0.1, 0.15) is 0 Å². The number of rotatable bonds is 5. The summed E-state index contributed by atoms with van der Waals surface area (Å²) in [6.45, 7) is 1.18. The smallest absolute Gasteiger partial charge is 0.490 e. The summed E-state index contributed by atoms with van der Waals surface area (Å²) in [5.41, 5.74) is 1.76. The van der Waals surface area contributed by atoms with Crippen LogP contribution in [0.3, 0.4) is 0 Å². The van der Waals surface area contributed by atoms with Crippen molar-refractivity contribution in [2.45, 2.75) is 18.8 Å². The number of benzene rings is 2. The molecule has 4 N–H and O–H groups in total. The molecule has 148 valence electrons. The number of aliphatic hydroxyl groups is 1. The third-order valence-corrected chi connectivity index (χ3v) is 3.41. The van der Waals surface area contributed by atoms with Crippen LogP contribution < -0.4 is 0 Å². The topological polar surface area (TPSA) is 101 Å². The van der Waals surface area contributed by atoms with Crippen LogP contribution in [0.25, 0.3) is 0 Å². The van der Waals surface area contributed by atoms with E-state index in [1.807, 2.05) is 42.3 Å². The van der Waals surface area contributed by atoms with Gasteiger partial charge >= 0.3 is 12.1 Å². The van der Waals surface area contributed by atoms with Gasteiger partial charge in [0, 0.05) is 13.1 Å².